The van der Waals surface area contributed by atoms with Gasteiger partial charge in [0, 0.05) is 19.3 Å². The van der Waals surface area contributed by atoms with Crippen molar-refractivity contribution >= 4 is 17.9 Å². The molecule has 0 spiro atoms. The van der Waals surface area contributed by atoms with E-state index >= 15 is 0 Å². The molecule has 0 rings (SSSR count). The highest BCUT2D eigenvalue weighted by atomic mass is 16.6. The predicted octanol–water partition coefficient (Wildman–Crippen LogP) is 24.0. The Balaban J connectivity index is 4.14. The van der Waals surface area contributed by atoms with E-state index < -0.39 is 6.10 Å². The molecule has 0 aromatic heterocycles. The molecule has 81 heavy (non-hydrogen) atoms. The monoisotopic (exact) mass is 1130 g/mol. The highest BCUT2D eigenvalue weighted by Gasteiger charge is 2.19. The van der Waals surface area contributed by atoms with E-state index in [9.17, 15) is 14.4 Å². The van der Waals surface area contributed by atoms with E-state index in [-0.39, 0.29) is 31.1 Å². The Morgan fingerprint density at radius 1 is 0.259 bits per heavy atom. The molecule has 0 saturated heterocycles. The number of unbranched alkanes of at least 4 members (excludes halogenated alkanes) is 36. The molecular formula is C75H130O6. The maximum absolute atomic E-state index is 12.9. The summed E-state index contributed by atoms with van der Waals surface area (Å²) in [5.41, 5.74) is 0. The molecule has 6 nitrogen and oxygen atoms in total. The number of rotatable bonds is 63. The molecule has 6 heteroatoms. The lowest BCUT2D eigenvalue weighted by atomic mass is 10.0. The van der Waals surface area contributed by atoms with Crippen LogP contribution in [-0.4, -0.2) is 37.2 Å². The second-order valence-corrected chi connectivity index (χ2v) is 23.0. The molecule has 1 unspecified atom stereocenters. The Hall–Kier alpha value is -3.67. The van der Waals surface area contributed by atoms with Gasteiger partial charge in [-0.3, -0.25) is 14.4 Å². The van der Waals surface area contributed by atoms with Gasteiger partial charge in [-0.1, -0.05) is 323 Å². The summed E-state index contributed by atoms with van der Waals surface area (Å²) in [6, 6.07) is 0. The lowest BCUT2D eigenvalue weighted by Gasteiger charge is -2.18. The van der Waals surface area contributed by atoms with Crippen LogP contribution in [0.15, 0.2) is 97.2 Å². The molecule has 0 aliphatic heterocycles. The SMILES string of the molecule is CC/C=C\C/C=C\C/C=C\C/C=C\CCCCCCCCCCCCCCCCCCCCCCC(=O)OCC(COC(=O)CCCCCCCCCCCCC)OC(=O)CCCCCCCC/C=C\C/C=C\C/C=C\C/C=C\CC. The molecule has 0 saturated carbocycles. The van der Waals surface area contributed by atoms with Gasteiger partial charge in [-0.15, -0.1) is 0 Å². The van der Waals surface area contributed by atoms with Crippen LogP contribution in [0, 0.1) is 0 Å². The zero-order valence-electron chi connectivity index (χ0n) is 53.5. The van der Waals surface area contributed by atoms with Gasteiger partial charge in [0.05, 0.1) is 0 Å². The van der Waals surface area contributed by atoms with Crippen molar-refractivity contribution in [2.75, 3.05) is 13.2 Å². The Bertz CT molecular complexity index is 1580. The van der Waals surface area contributed by atoms with Gasteiger partial charge in [0.15, 0.2) is 6.10 Å². The fourth-order valence-corrected chi connectivity index (χ4v) is 9.96. The second kappa shape index (κ2) is 68.8. The first-order valence-electron chi connectivity index (χ1n) is 34.7. The van der Waals surface area contributed by atoms with Gasteiger partial charge < -0.3 is 14.2 Å². The van der Waals surface area contributed by atoms with E-state index in [1.165, 1.54) is 180 Å². The number of hydrogen-bond donors (Lipinski definition) is 0. The van der Waals surface area contributed by atoms with Gasteiger partial charge in [0.2, 0.25) is 0 Å². The van der Waals surface area contributed by atoms with Crippen molar-refractivity contribution in [3.05, 3.63) is 97.2 Å². The quantitative estimate of drug-likeness (QED) is 0.0261. The summed E-state index contributed by atoms with van der Waals surface area (Å²) in [5.74, 6) is -0.877. The number of ether oxygens (including phenoxy) is 3. The van der Waals surface area contributed by atoms with Gasteiger partial charge in [-0.05, 0) is 96.3 Å². The third-order valence-corrected chi connectivity index (χ3v) is 15.1. The third kappa shape index (κ3) is 67.0. The number of carbonyl (C=O) groups is 3. The van der Waals surface area contributed by atoms with Gasteiger partial charge >= 0.3 is 17.9 Å². The first-order valence-corrected chi connectivity index (χ1v) is 34.7. The van der Waals surface area contributed by atoms with Crippen LogP contribution >= 0.6 is 0 Å². The topological polar surface area (TPSA) is 78.9 Å². The highest BCUT2D eigenvalue weighted by Crippen LogP contribution is 2.18. The van der Waals surface area contributed by atoms with E-state index in [0.717, 1.165) is 122 Å². The molecule has 0 fully saturated rings. The van der Waals surface area contributed by atoms with Crippen LogP contribution < -0.4 is 0 Å². The Kier molecular flexibility index (Phi) is 65.7. The van der Waals surface area contributed by atoms with Crippen molar-refractivity contribution in [2.24, 2.45) is 0 Å². The second-order valence-electron chi connectivity index (χ2n) is 23.0. The molecule has 0 aliphatic carbocycles. The maximum atomic E-state index is 12.9. The minimum atomic E-state index is -0.783. The van der Waals surface area contributed by atoms with Crippen molar-refractivity contribution in [3.8, 4) is 0 Å². The van der Waals surface area contributed by atoms with Crippen molar-refractivity contribution in [3.63, 3.8) is 0 Å². The molecule has 0 amide bonds. The number of hydrogen-bond acceptors (Lipinski definition) is 6. The summed E-state index contributed by atoms with van der Waals surface area (Å²) in [7, 11) is 0. The first-order chi connectivity index (χ1) is 40.0. The normalized spacial score (nSPS) is 12.7. The van der Waals surface area contributed by atoms with Crippen LogP contribution in [0.2, 0.25) is 0 Å². The molecule has 0 aliphatic rings. The summed E-state index contributed by atoms with van der Waals surface area (Å²) in [4.78, 5) is 38.3. The van der Waals surface area contributed by atoms with Crippen LogP contribution in [-0.2, 0) is 28.6 Å². The zero-order chi connectivity index (χ0) is 58.5. The van der Waals surface area contributed by atoms with E-state index in [1.807, 2.05) is 0 Å². The Morgan fingerprint density at radius 3 is 0.753 bits per heavy atom. The van der Waals surface area contributed by atoms with E-state index in [0.29, 0.717) is 19.3 Å². The molecular weight excluding hydrogens is 997 g/mol. The largest absolute Gasteiger partial charge is 0.462 e. The number of carbonyl (C=O) groups excluding carboxylic acids is 3. The summed E-state index contributed by atoms with van der Waals surface area (Å²) < 4.78 is 16.9. The van der Waals surface area contributed by atoms with Crippen LogP contribution in [0.3, 0.4) is 0 Å². The van der Waals surface area contributed by atoms with Crippen LogP contribution in [0.4, 0.5) is 0 Å². The molecule has 1 atom stereocenters. The van der Waals surface area contributed by atoms with Gasteiger partial charge in [-0.25, -0.2) is 0 Å². The molecule has 0 heterocycles. The average molecular weight is 1130 g/mol. The molecule has 0 aromatic rings. The fourth-order valence-electron chi connectivity index (χ4n) is 9.96. The maximum Gasteiger partial charge on any atom is 0.306 e. The summed E-state index contributed by atoms with van der Waals surface area (Å²) >= 11 is 0. The predicted molar refractivity (Wildman–Crippen MR) is 353 cm³/mol. The fraction of sp³-hybridized carbons (Fsp3) is 0.747. The number of allylic oxidation sites excluding steroid dienone is 16. The van der Waals surface area contributed by atoms with E-state index in [2.05, 4.69) is 118 Å². The Morgan fingerprint density at radius 2 is 0.481 bits per heavy atom. The summed E-state index contributed by atoms with van der Waals surface area (Å²) in [5, 5.41) is 0. The summed E-state index contributed by atoms with van der Waals surface area (Å²) in [6.45, 7) is 6.43. The third-order valence-electron chi connectivity index (χ3n) is 15.1. The number of esters is 3. The average Bonchev–Trinajstić information content (AvgIpc) is 3.47. The lowest BCUT2D eigenvalue weighted by Crippen LogP contribution is -2.30. The van der Waals surface area contributed by atoms with Crippen molar-refractivity contribution in [1.29, 1.82) is 0 Å². The molecule has 0 radical (unpaired) electrons. The van der Waals surface area contributed by atoms with Crippen molar-refractivity contribution in [2.45, 2.75) is 348 Å². The molecule has 466 valence electrons. The first kappa shape index (κ1) is 77.3. The van der Waals surface area contributed by atoms with E-state index in [4.69, 9.17) is 14.2 Å². The standard InChI is InChI=1S/C75H130O6/c1-4-7-10-13-16-19-22-24-26-28-30-31-32-33-34-35-36-37-38-39-40-41-42-43-45-46-48-50-53-56-59-62-65-68-74(77)80-71-72(70-79-73(76)67-64-61-58-55-52-21-18-15-12-9-6-3)81-75(78)69-66-63-60-57-54-51-49-47-44-29-27-25-23-20-17-14-11-8-5-2/h7-8,10-11,16-17,19-20,24-27,30-31,44,47,72H,4-6,9,12-15,18,21-23,28-29,32-43,45-46,48-71H2,1-3H3/b10-7-,11-8-,19-16-,20-17-,26-24-,27-25-,31-30-,47-44-. The van der Waals surface area contributed by atoms with Gasteiger partial charge in [0.1, 0.15) is 13.2 Å². The zero-order valence-corrected chi connectivity index (χ0v) is 53.5. The van der Waals surface area contributed by atoms with Crippen LogP contribution in [0.5, 0.6) is 0 Å². The summed E-state index contributed by atoms with van der Waals surface area (Å²) in [6.07, 6.45) is 93.0. The lowest BCUT2D eigenvalue weighted by molar-refractivity contribution is -0.167. The molecule has 0 aromatic carbocycles. The Labute approximate surface area is 502 Å². The smallest absolute Gasteiger partial charge is 0.306 e. The van der Waals surface area contributed by atoms with Crippen molar-refractivity contribution < 1.29 is 28.6 Å². The van der Waals surface area contributed by atoms with Crippen LogP contribution in [0.1, 0.15) is 342 Å². The minimum absolute atomic E-state index is 0.0783. The van der Waals surface area contributed by atoms with Gasteiger partial charge in [-0.2, -0.15) is 0 Å². The minimum Gasteiger partial charge on any atom is -0.462 e. The van der Waals surface area contributed by atoms with E-state index in [1.54, 1.807) is 0 Å². The molecule has 0 N–H and O–H groups in total. The van der Waals surface area contributed by atoms with Crippen LogP contribution in [0.25, 0.3) is 0 Å². The highest BCUT2D eigenvalue weighted by molar-refractivity contribution is 5.71. The molecule has 0 bridgehead atoms. The van der Waals surface area contributed by atoms with Gasteiger partial charge in [0.25, 0.3) is 0 Å². The van der Waals surface area contributed by atoms with Crippen molar-refractivity contribution in [1.82, 2.24) is 0 Å².